The van der Waals surface area contributed by atoms with Crippen LogP contribution in [0.2, 0.25) is 0 Å². The van der Waals surface area contributed by atoms with Gasteiger partial charge in [0.15, 0.2) is 0 Å². The highest BCUT2D eigenvalue weighted by Gasteiger charge is 2.35. The highest BCUT2D eigenvalue weighted by molar-refractivity contribution is 5.62. The van der Waals surface area contributed by atoms with Crippen molar-refractivity contribution in [1.82, 2.24) is 15.5 Å². The van der Waals surface area contributed by atoms with Crippen LogP contribution in [0.25, 0.3) is 11.1 Å². The molecule has 0 amide bonds. The fourth-order valence-corrected chi connectivity index (χ4v) is 3.75. The maximum atomic E-state index is 4.04. The second-order valence-electron chi connectivity index (χ2n) is 6.26. The monoisotopic (exact) mass is 303 g/mol. The van der Waals surface area contributed by atoms with Gasteiger partial charge in [-0.15, -0.1) is 0 Å². The molecule has 116 valence electrons. The molecule has 1 aliphatic rings. The Bertz CT molecular complexity index is 739. The Balaban J connectivity index is 1.75. The Hall–Kier alpha value is -2.39. The molecule has 0 saturated carbocycles. The lowest BCUT2D eigenvalue weighted by atomic mass is 9.68. The summed E-state index contributed by atoms with van der Waals surface area (Å²) >= 11 is 0. The summed E-state index contributed by atoms with van der Waals surface area (Å²) in [7, 11) is 0. The molecule has 3 heteroatoms. The zero-order chi connectivity index (χ0) is 15.5. The molecule has 1 aromatic heterocycles. The van der Waals surface area contributed by atoms with Crippen molar-refractivity contribution in [2.75, 3.05) is 13.1 Å². The molecule has 0 atom stereocenters. The lowest BCUT2D eigenvalue weighted by Crippen LogP contribution is -2.40. The summed E-state index contributed by atoms with van der Waals surface area (Å²) in [5, 5.41) is 10.4. The third-order valence-electron chi connectivity index (χ3n) is 5.05. The van der Waals surface area contributed by atoms with E-state index in [0.717, 1.165) is 31.5 Å². The van der Waals surface area contributed by atoms with Crippen LogP contribution in [0.5, 0.6) is 0 Å². The Morgan fingerprint density at radius 1 is 0.783 bits per heavy atom. The number of hydrogen-bond acceptors (Lipinski definition) is 2. The van der Waals surface area contributed by atoms with Gasteiger partial charge in [0.25, 0.3) is 0 Å². The molecule has 0 unspecified atom stereocenters. The van der Waals surface area contributed by atoms with Crippen molar-refractivity contribution in [1.29, 1.82) is 0 Å². The molecular weight excluding hydrogens is 282 g/mol. The molecule has 2 heterocycles. The number of nitrogens with one attached hydrogen (secondary N) is 2. The van der Waals surface area contributed by atoms with Crippen LogP contribution in [0, 0.1) is 0 Å². The Labute approximate surface area is 136 Å². The minimum atomic E-state index is 0.126. The Morgan fingerprint density at radius 2 is 1.48 bits per heavy atom. The number of aromatic amines is 1. The number of aromatic nitrogens is 2. The Morgan fingerprint density at radius 3 is 2.13 bits per heavy atom. The molecule has 3 aromatic rings. The van der Waals surface area contributed by atoms with Gasteiger partial charge in [-0.3, -0.25) is 5.10 Å². The fraction of sp³-hybridized carbons (Fsp3) is 0.250. The molecule has 1 fully saturated rings. The normalized spacial score (nSPS) is 17.0. The maximum absolute atomic E-state index is 4.04. The van der Waals surface area contributed by atoms with Gasteiger partial charge < -0.3 is 5.32 Å². The first-order valence-electron chi connectivity index (χ1n) is 8.24. The van der Waals surface area contributed by atoms with Gasteiger partial charge in [0, 0.05) is 17.2 Å². The predicted octanol–water partition coefficient (Wildman–Crippen LogP) is 3.75. The summed E-state index contributed by atoms with van der Waals surface area (Å²) < 4.78 is 0. The van der Waals surface area contributed by atoms with Crippen LogP contribution < -0.4 is 5.32 Å². The van der Waals surface area contributed by atoms with Crippen LogP contribution >= 0.6 is 0 Å². The number of piperidine rings is 1. The lowest BCUT2D eigenvalue weighted by Gasteiger charge is -2.39. The smallest absolute Gasteiger partial charge is 0.0565 e. The molecule has 23 heavy (non-hydrogen) atoms. The van der Waals surface area contributed by atoms with Crippen LogP contribution in [-0.2, 0) is 5.41 Å². The molecule has 2 N–H and O–H groups in total. The number of nitrogens with zero attached hydrogens (tertiary/aromatic N) is 1. The van der Waals surface area contributed by atoms with E-state index in [0.29, 0.717) is 0 Å². The van der Waals surface area contributed by atoms with E-state index in [4.69, 9.17) is 0 Å². The van der Waals surface area contributed by atoms with Crippen molar-refractivity contribution < 1.29 is 0 Å². The van der Waals surface area contributed by atoms with E-state index in [-0.39, 0.29) is 5.41 Å². The van der Waals surface area contributed by atoms with Crippen LogP contribution in [0.3, 0.4) is 0 Å². The second-order valence-corrected chi connectivity index (χ2v) is 6.26. The van der Waals surface area contributed by atoms with Gasteiger partial charge >= 0.3 is 0 Å². The first-order chi connectivity index (χ1) is 11.4. The van der Waals surface area contributed by atoms with Crippen molar-refractivity contribution in [2.45, 2.75) is 18.3 Å². The van der Waals surface area contributed by atoms with E-state index < -0.39 is 0 Å². The van der Waals surface area contributed by atoms with Gasteiger partial charge in [-0.1, -0.05) is 54.6 Å². The van der Waals surface area contributed by atoms with E-state index in [9.17, 15) is 0 Å². The average molecular weight is 303 g/mol. The summed E-state index contributed by atoms with van der Waals surface area (Å²) in [6.45, 7) is 2.14. The van der Waals surface area contributed by atoms with Gasteiger partial charge in [0.2, 0.25) is 0 Å². The van der Waals surface area contributed by atoms with E-state index in [1.165, 1.54) is 16.7 Å². The van der Waals surface area contributed by atoms with Gasteiger partial charge in [0.05, 0.1) is 6.20 Å². The summed E-state index contributed by atoms with van der Waals surface area (Å²) in [6.07, 6.45) is 6.09. The van der Waals surface area contributed by atoms with Crippen molar-refractivity contribution in [3.63, 3.8) is 0 Å². The average Bonchev–Trinajstić information content (AvgIpc) is 3.18. The SMILES string of the molecule is c1ccc(C2(c3ccc(-c4cn[nH]c4)cc3)CCNCC2)cc1. The predicted molar refractivity (Wildman–Crippen MR) is 93.3 cm³/mol. The number of rotatable bonds is 3. The zero-order valence-electron chi connectivity index (χ0n) is 13.1. The molecule has 0 bridgehead atoms. The van der Waals surface area contributed by atoms with Crippen molar-refractivity contribution in [2.24, 2.45) is 0 Å². The minimum Gasteiger partial charge on any atom is -0.317 e. The maximum Gasteiger partial charge on any atom is 0.0565 e. The molecular formula is C20H21N3. The summed E-state index contributed by atoms with van der Waals surface area (Å²) in [4.78, 5) is 0. The van der Waals surface area contributed by atoms with Crippen LogP contribution in [0.4, 0.5) is 0 Å². The van der Waals surface area contributed by atoms with E-state index >= 15 is 0 Å². The number of H-pyrrole nitrogens is 1. The van der Waals surface area contributed by atoms with Gasteiger partial charge in [-0.05, 0) is 42.6 Å². The van der Waals surface area contributed by atoms with Gasteiger partial charge in [-0.25, -0.2) is 0 Å². The van der Waals surface area contributed by atoms with Gasteiger partial charge in [0.1, 0.15) is 0 Å². The first-order valence-corrected chi connectivity index (χ1v) is 8.24. The van der Waals surface area contributed by atoms with Crippen molar-refractivity contribution in [3.8, 4) is 11.1 Å². The van der Waals surface area contributed by atoms with Crippen LogP contribution in [-0.4, -0.2) is 23.3 Å². The molecule has 3 nitrogen and oxygen atoms in total. The highest BCUT2D eigenvalue weighted by Crippen LogP contribution is 2.40. The van der Waals surface area contributed by atoms with Crippen molar-refractivity contribution >= 4 is 0 Å². The molecule has 4 rings (SSSR count). The van der Waals surface area contributed by atoms with E-state index in [1.54, 1.807) is 0 Å². The third-order valence-corrected chi connectivity index (χ3v) is 5.05. The first kappa shape index (κ1) is 14.2. The quantitative estimate of drug-likeness (QED) is 0.774. The standard InChI is InChI=1S/C20H21N3/c1-2-4-18(5-3-1)20(10-12-21-13-11-20)19-8-6-16(7-9-19)17-14-22-23-15-17/h1-9,14-15,21H,10-13H2,(H,22,23). The van der Waals surface area contributed by atoms with E-state index in [1.807, 2.05) is 12.4 Å². The molecule has 0 radical (unpaired) electrons. The Kier molecular flexibility index (Phi) is 3.72. The minimum absolute atomic E-state index is 0.126. The fourth-order valence-electron chi connectivity index (χ4n) is 3.75. The van der Waals surface area contributed by atoms with Crippen molar-refractivity contribution in [3.05, 3.63) is 78.1 Å². The molecule has 1 aliphatic heterocycles. The summed E-state index contributed by atoms with van der Waals surface area (Å²) in [5.74, 6) is 0. The van der Waals surface area contributed by atoms with Gasteiger partial charge in [-0.2, -0.15) is 5.10 Å². The summed E-state index contributed by atoms with van der Waals surface area (Å²) in [5.41, 5.74) is 5.31. The summed E-state index contributed by atoms with van der Waals surface area (Å²) in [6, 6.07) is 20.0. The van der Waals surface area contributed by atoms with Crippen LogP contribution in [0.1, 0.15) is 24.0 Å². The zero-order valence-corrected chi connectivity index (χ0v) is 13.1. The van der Waals surface area contributed by atoms with E-state index in [2.05, 4.69) is 70.1 Å². The highest BCUT2D eigenvalue weighted by atomic mass is 15.1. The molecule has 0 spiro atoms. The molecule has 1 saturated heterocycles. The van der Waals surface area contributed by atoms with Crippen LogP contribution in [0.15, 0.2) is 67.0 Å². The molecule has 2 aromatic carbocycles. The lowest BCUT2D eigenvalue weighted by molar-refractivity contribution is 0.362. The number of benzene rings is 2. The number of hydrogen-bond donors (Lipinski definition) is 2. The molecule has 0 aliphatic carbocycles. The topological polar surface area (TPSA) is 40.7 Å². The largest absolute Gasteiger partial charge is 0.317 e. The third kappa shape index (κ3) is 2.57. The second kappa shape index (κ2) is 6.01.